The van der Waals surface area contributed by atoms with E-state index in [0.717, 1.165) is 18.7 Å². The Kier molecular flexibility index (Phi) is 5.92. The molecule has 2 fully saturated rings. The summed E-state index contributed by atoms with van der Waals surface area (Å²) in [5.74, 6) is 1.55. The van der Waals surface area contributed by atoms with E-state index in [-0.39, 0.29) is 17.0 Å². The number of imidazole rings is 1. The summed E-state index contributed by atoms with van der Waals surface area (Å²) in [5.41, 5.74) is 1.92. The van der Waals surface area contributed by atoms with Crippen LogP contribution >= 0.6 is 11.6 Å². The molecule has 33 heavy (non-hydrogen) atoms. The van der Waals surface area contributed by atoms with Gasteiger partial charge >= 0.3 is 0 Å². The molecule has 0 unspecified atom stereocenters. The lowest BCUT2D eigenvalue weighted by Gasteiger charge is -2.35. The van der Waals surface area contributed by atoms with E-state index in [2.05, 4.69) is 9.47 Å². The third-order valence-corrected chi connectivity index (χ3v) is 6.79. The van der Waals surface area contributed by atoms with Crippen molar-refractivity contribution in [2.45, 2.75) is 32.7 Å². The average molecular weight is 473 g/mol. The van der Waals surface area contributed by atoms with E-state index in [9.17, 15) is 9.18 Å². The van der Waals surface area contributed by atoms with Gasteiger partial charge < -0.3 is 19.1 Å². The molecule has 8 nitrogen and oxygen atoms in total. The number of fused-ring (bicyclic) bond motifs is 1. The molecule has 0 aliphatic carbocycles. The number of amides is 1. The minimum atomic E-state index is -0.484. The normalized spacial score (nSPS) is 17.7. The Balaban J connectivity index is 1.67. The molecule has 10 heteroatoms. The molecule has 0 radical (unpaired) electrons. The minimum absolute atomic E-state index is 0.0439. The molecule has 174 valence electrons. The first-order valence-corrected chi connectivity index (χ1v) is 11.6. The predicted octanol–water partition coefficient (Wildman–Crippen LogP) is 3.61. The van der Waals surface area contributed by atoms with Crippen LogP contribution in [0.4, 0.5) is 10.2 Å². The van der Waals surface area contributed by atoms with Gasteiger partial charge in [0.05, 0.1) is 5.02 Å². The van der Waals surface area contributed by atoms with E-state index in [0.29, 0.717) is 67.8 Å². The molecule has 0 N–H and O–H groups in total. The largest absolute Gasteiger partial charge is 0.381 e. The number of hydrogen-bond donors (Lipinski definition) is 0. The number of aromatic nitrogens is 4. The average Bonchev–Trinajstić information content (AvgIpc) is 3.20. The number of ether oxygens (including phenoxy) is 1. The second kappa shape index (κ2) is 8.87. The van der Waals surface area contributed by atoms with Gasteiger partial charge in [-0.1, -0.05) is 17.7 Å². The predicted molar refractivity (Wildman–Crippen MR) is 124 cm³/mol. The highest BCUT2D eigenvalue weighted by Gasteiger charge is 2.29. The zero-order valence-corrected chi connectivity index (χ0v) is 19.5. The number of benzene rings is 1. The molecule has 3 aromatic rings. The van der Waals surface area contributed by atoms with Gasteiger partial charge in [-0.05, 0) is 31.9 Å². The molecule has 0 bridgehead atoms. The Morgan fingerprint density at radius 3 is 2.55 bits per heavy atom. The molecule has 2 aliphatic rings. The molecule has 5 rings (SSSR count). The van der Waals surface area contributed by atoms with E-state index in [4.69, 9.17) is 31.3 Å². The van der Waals surface area contributed by atoms with Gasteiger partial charge in [-0.25, -0.2) is 19.3 Å². The third kappa shape index (κ3) is 4.04. The monoisotopic (exact) mass is 472 g/mol. The maximum absolute atomic E-state index is 14.4. The lowest BCUT2D eigenvalue weighted by Crippen LogP contribution is -2.48. The smallest absolute Gasteiger partial charge is 0.219 e. The van der Waals surface area contributed by atoms with Gasteiger partial charge in [0.25, 0.3) is 0 Å². The number of hydrogen-bond acceptors (Lipinski definition) is 6. The lowest BCUT2D eigenvalue weighted by atomic mass is 10.1. The second-order valence-corrected chi connectivity index (χ2v) is 8.89. The maximum atomic E-state index is 14.4. The van der Waals surface area contributed by atoms with Crippen molar-refractivity contribution in [1.29, 1.82) is 0 Å². The van der Waals surface area contributed by atoms with Crippen molar-refractivity contribution < 1.29 is 13.9 Å². The van der Waals surface area contributed by atoms with Gasteiger partial charge in [-0.2, -0.15) is 0 Å². The summed E-state index contributed by atoms with van der Waals surface area (Å²) in [7, 11) is 0. The molecule has 0 saturated carbocycles. The summed E-state index contributed by atoms with van der Waals surface area (Å²) in [6, 6.07) is 4.88. The Hall–Kier alpha value is -2.78. The maximum Gasteiger partial charge on any atom is 0.219 e. The van der Waals surface area contributed by atoms with E-state index in [1.165, 1.54) is 6.07 Å². The van der Waals surface area contributed by atoms with Gasteiger partial charge in [0, 0.05) is 57.9 Å². The third-order valence-electron chi connectivity index (χ3n) is 6.41. The molecule has 1 amide bonds. The molecule has 2 aliphatic heterocycles. The number of carbonyl (C=O) groups excluding carboxylic acids is 1. The molecule has 0 atom stereocenters. The highest BCUT2D eigenvalue weighted by Crippen LogP contribution is 2.38. The summed E-state index contributed by atoms with van der Waals surface area (Å²) >= 11 is 6.39. The summed E-state index contributed by atoms with van der Waals surface area (Å²) in [5, 5.41) is 0.0439. The van der Waals surface area contributed by atoms with Crippen molar-refractivity contribution in [3.63, 3.8) is 0 Å². The van der Waals surface area contributed by atoms with Crippen LogP contribution in [0.3, 0.4) is 0 Å². The highest BCUT2D eigenvalue weighted by molar-refractivity contribution is 6.33. The van der Waals surface area contributed by atoms with Crippen LogP contribution in [0.15, 0.2) is 18.2 Å². The quantitative estimate of drug-likeness (QED) is 0.579. The number of rotatable bonds is 3. The molecule has 0 spiro atoms. The fourth-order valence-corrected chi connectivity index (χ4v) is 4.89. The lowest BCUT2D eigenvalue weighted by molar-refractivity contribution is -0.129. The van der Waals surface area contributed by atoms with E-state index in [1.807, 2.05) is 11.8 Å². The highest BCUT2D eigenvalue weighted by atomic mass is 35.5. The SMILES string of the molecule is CC(=O)N1CCN(c2nc(C)nc3c2nc(-c2cccc(F)c2Cl)n3C2CCOCC2)CC1. The van der Waals surface area contributed by atoms with Gasteiger partial charge in [-0.15, -0.1) is 0 Å². The van der Waals surface area contributed by atoms with Crippen LogP contribution in [0.1, 0.15) is 31.6 Å². The van der Waals surface area contributed by atoms with Gasteiger partial charge in [-0.3, -0.25) is 4.79 Å². The first-order chi connectivity index (χ1) is 15.9. The molecule has 1 aromatic carbocycles. The van der Waals surface area contributed by atoms with Gasteiger partial charge in [0.1, 0.15) is 17.5 Å². The van der Waals surface area contributed by atoms with E-state index in [1.54, 1.807) is 19.1 Å². The minimum Gasteiger partial charge on any atom is -0.381 e. The number of nitrogens with zero attached hydrogens (tertiary/aromatic N) is 6. The van der Waals surface area contributed by atoms with Crippen molar-refractivity contribution in [2.24, 2.45) is 0 Å². The fraction of sp³-hybridized carbons (Fsp3) is 0.478. The van der Waals surface area contributed by atoms with Crippen molar-refractivity contribution in [3.05, 3.63) is 34.9 Å². The Bertz CT molecular complexity index is 1200. The standard InChI is InChI=1S/C23H26ClFN6O2/c1-14-26-22(30-10-8-29(9-11-30)15(2)32)20-23(27-14)31(16-6-12-33-13-7-16)21(28-20)17-4-3-5-18(25)19(17)24/h3-5,16H,6-13H2,1-2H3. The van der Waals surface area contributed by atoms with Crippen LogP contribution in [-0.4, -0.2) is 69.7 Å². The number of anilines is 1. The Morgan fingerprint density at radius 2 is 1.85 bits per heavy atom. The number of halogens is 2. The van der Waals surface area contributed by atoms with Crippen LogP contribution < -0.4 is 4.90 Å². The number of piperazine rings is 1. The van der Waals surface area contributed by atoms with E-state index >= 15 is 0 Å². The fourth-order valence-electron chi connectivity index (χ4n) is 4.67. The zero-order chi connectivity index (χ0) is 23.1. The van der Waals surface area contributed by atoms with Crippen molar-refractivity contribution in [2.75, 3.05) is 44.3 Å². The Labute approximate surface area is 196 Å². The van der Waals surface area contributed by atoms with Crippen LogP contribution in [0.25, 0.3) is 22.6 Å². The molecular formula is C23H26ClFN6O2. The summed E-state index contributed by atoms with van der Waals surface area (Å²) in [6.45, 7) is 7.32. The molecular weight excluding hydrogens is 447 g/mol. The van der Waals surface area contributed by atoms with Crippen LogP contribution in [0.2, 0.25) is 5.02 Å². The van der Waals surface area contributed by atoms with E-state index < -0.39 is 5.82 Å². The van der Waals surface area contributed by atoms with Crippen molar-refractivity contribution in [3.8, 4) is 11.4 Å². The summed E-state index contributed by atoms with van der Waals surface area (Å²) < 4.78 is 22.0. The van der Waals surface area contributed by atoms with Gasteiger partial charge in [0.15, 0.2) is 17.0 Å². The number of aryl methyl sites for hydroxylation is 1. The summed E-state index contributed by atoms with van der Waals surface area (Å²) in [6.07, 6.45) is 1.61. The summed E-state index contributed by atoms with van der Waals surface area (Å²) in [4.78, 5) is 30.2. The zero-order valence-electron chi connectivity index (χ0n) is 18.7. The van der Waals surface area contributed by atoms with Crippen LogP contribution in [-0.2, 0) is 9.53 Å². The molecule has 2 saturated heterocycles. The molecule has 4 heterocycles. The van der Waals surface area contributed by atoms with Crippen molar-refractivity contribution >= 4 is 34.5 Å². The van der Waals surface area contributed by atoms with Crippen LogP contribution in [0, 0.1) is 12.7 Å². The topological polar surface area (TPSA) is 76.4 Å². The van der Waals surface area contributed by atoms with Crippen molar-refractivity contribution in [1.82, 2.24) is 24.4 Å². The first-order valence-electron chi connectivity index (χ1n) is 11.2. The van der Waals surface area contributed by atoms with Crippen LogP contribution in [0.5, 0.6) is 0 Å². The van der Waals surface area contributed by atoms with Gasteiger partial charge in [0.2, 0.25) is 5.91 Å². The Morgan fingerprint density at radius 1 is 1.12 bits per heavy atom. The second-order valence-electron chi connectivity index (χ2n) is 8.51. The number of carbonyl (C=O) groups is 1. The molecule has 2 aromatic heterocycles. The first kappa shape index (κ1) is 22.0.